The Morgan fingerprint density at radius 3 is 0.636 bits per heavy atom. The first-order valence-corrected chi connectivity index (χ1v) is 4.47. The molecule has 0 aliphatic rings. The Morgan fingerprint density at radius 2 is 0.545 bits per heavy atom. The predicted molar refractivity (Wildman–Crippen MR) is 41.9 cm³/mol. The average molecular weight is 358 g/mol. The second-order valence-electron chi connectivity index (χ2n) is 3.66. The van der Waals surface area contributed by atoms with Crippen molar-refractivity contribution in [1.29, 1.82) is 0 Å². The van der Waals surface area contributed by atoms with Gasteiger partial charge >= 0.3 is 35.9 Å². The highest BCUT2D eigenvalue weighted by Gasteiger charge is 2.73. The van der Waals surface area contributed by atoms with Crippen LogP contribution in [-0.4, -0.2) is 46.1 Å². The molecule has 0 saturated carbocycles. The van der Waals surface area contributed by atoms with Crippen molar-refractivity contribution in [2.45, 2.75) is 35.9 Å². The Morgan fingerprint density at radius 1 is 0.409 bits per heavy atom. The Bertz CT molecular complexity index is 397. The molecule has 0 aromatic rings. The van der Waals surface area contributed by atoms with E-state index in [9.17, 15) is 52.7 Å². The first-order valence-electron chi connectivity index (χ1n) is 4.47. The summed E-state index contributed by atoms with van der Waals surface area (Å²) < 4.78 is 145. The van der Waals surface area contributed by atoms with Crippen LogP contribution in [-0.2, 0) is 0 Å². The minimum atomic E-state index is -6.78. The molecule has 0 unspecified atom stereocenters. The van der Waals surface area contributed by atoms with E-state index in [0.717, 1.165) is 0 Å². The fraction of sp³-hybridized carbons (Fsp3) is 0.750. The maximum absolute atomic E-state index is 12.1. The standard InChI is InChI=1S/C8H2F12O2/c9-5(10,11)3(21,6(12,13)14)1-2-4(22,7(15,16)17)8(18,19)20/h21-22H. The Labute approximate surface area is 112 Å². The van der Waals surface area contributed by atoms with E-state index in [-0.39, 0.29) is 0 Å². The van der Waals surface area contributed by atoms with Gasteiger partial charge in [0.1, 0.15) is 0 Å². The minimum Gasteiger partial charge on any atom is -0.363 e. The van der Waals surface area contributed by atoms with Crippen LogP contribution in [0.25, 0.3) is 0 Å². The minimum absolute atomic E-state index is 0.605. The molecule has 2 N–H and O–H groups in total. The van der Waals surface area contributed by atoms with Gasteiger partial charge in [-0.3, -0.25) is 0 Å². The molecule has 0 spiro atoms. The highest BCUT2D eigenvalue weighted by molar-refractivity contribution is 5.29. The van der Waals surface area contributed by atoms with Crippen LogP contribution in [0.15, 0.2) is 0 Å². The van der Waals surface area contributed by atoms with Crippen LogP contribution >= 0.6 is 0 Å². The van der Waals surface area contributed by atoms with E-state index in [1.165, 1.54) is 0 Å². The Kier molecular flexibility index (Phi) is 4.77. The molecule has 2 nitrogen and oxygen atoms in total. The van der Waals surface area contributed by atoms with Gasteiger partial charge in [-0.1, -0.05) is 0 Å². The normalized spacial score (nSPS) is 15.4. The highest BCUT2D eigenvalue weighted by atomic mass is 19.4. The molecule has 130 valence electrons. The number of hydrogen-bond donors (Lipinski definition) is 2. The van der Waals surface area contributed by atoms with Crippen LogP contribution in [0.2, 0.25) is 0 Å². The van der Waals surface area contributed by atoms with Crippen molar-refractivity contribution in [1.82, 2.24) is 0 Å². The quantitative estimate of drug-likeness (QED) is 0.517. The molecule has 14 heteroatoms. The van der Waals surface area contributed by atoms with Gasteiger partial charge in [0.15, 0.2) is 0 Å². The number of halogens is 12. The zero-order valence-electron chi connectivity index (χ0n) is 9.43. The molecule has 0 heterocycles. The summed E-state index contributed by atoms with van der Waals surface area (Å²) in [6.07, 6.45) is -27.1. The molecule has 0 amide bonds. The molecule has 0 fully saturated rings. The SMILES string of the molecule is OC(C#CC(O)(C(F)(F)F)C(F)(F)F)(C(F)(F)F)C(F)(F)F. The number of rotatable bonds is 0. The molecule has 0 aliphatic heterocycles. The summed E-state index contributed by atoms with van der Waals surface area (Å²) in [4.78, 5) is 0. The number of hydrogen-bond acceptors (Lipinski definition) is 2. The first kappa shape index (κ1) is 20.6. The van der Waals surface area contributed by atoms with Gasteiger partial charge in [-0.15, -0.1) is 0 Å². The van der Waals surface area contributed by atoms with Crippen LogP contribution in [0, 0.1) is 11.8 Å². The average Bonchev–Trinajstić information content (AvgIpc) is 2.18. The summed E-state index contributed by atoms with van der Waals surface area (Å²) >= 11 is 0. The predicted octanol–water partition coefficient (Wildman–Crippen LogP) is 2.70. The molecular formula is C8H2F12O2. The summed E-state index contributed by atoms with van der Waals surface area (Å²) in [6, 6.07) is 0. The van der Waals surface area contributed by atoms with Crippen LogP contribution in [0.1, 0.15) is 0 Å². The molecule has 0 saturated heterocycles. The summed E-state index contributed by atoms with van der Waals surface area (Å²) in [5.74, 6) is -1.21. The van der Waals surface area contributed by atoms with Gasteiger partial charge in [0, 0.05) is 0 Å². The fourth-order valence-electron chi connectivity index (χ4n) is 0.786. The third kappa shape index (κ3) is 3.35. The first-order chi connectivity index (χ1) is 9.21. The second kappa shape index (κ2) is 5.08. The molecule has 0 radical (unpaired) electrons. The Balaban J connectivity index is 6.34. The van der Waals surface area contributed by atoms with E-state index in [0.29, 0.717) is 0 Å². The lowest BCUT2D eigenvalue weighted by Crippen LogP contribution is -2.58. The molecule has 0 bridgehead atoms. The molecule has 22 heavy (non-hydrogen) atoms. The van der Waals surface area contributed by atoms with Gasteiger partial charge in [-0.25, -0.2) is 0 Å². The van der Waals surface area contributed by atoms with Gasteiger partial charge in [-0.05, 0) is 11.8 Å². The maximum atomic E-state index is 12.1. The largest absolute Gasteiger partial charge is 0.438 e. The lowest BCUT2D eigenvalue weighted by molar-refractivity contribution is -0.349. The van der Waals surface area contributed by atoms with Crippen LogP contribution in [0.5, 0.6) is 0 Å². The second-order valence-corrected chi connectivity index (χ2v) is 3.66. The summed E-state index contributed by atoms with van der Waals surface area (Å²) in [5, 5.41) is 16.6. The lowest BCUT2D eigenvalue weighted by Gasteiger charge is -2.30. The van der Waals surface area contributed by atoms with Gasteiger partial charge < -0.3 is 10.2 Å². The third-order valence-corrected chi connectivity index (χ3v) is 2.07. The van der Waals surface area contributed by atoms with Crippen LogP contribution in [0.4, 0.5) is 52.7 Å². The number of aliphatic hydroxyl groups is 2. The van der Waals surface area contributed by atoms with E-state index in [2.05, 4.69) is 0 Å². The van der Waals surface area contributed by atoms with Gasteiger partial charge in [-0.2, -0.15) is 52.7 Å². The van der Waals surface area contributed by atoms with Gasteiger partial charge in [0.2, 0.25) is 0 Å². The van der Waals surface area contributed by atoms with Crippen molar-refractivity contribution in [2.24, 2.45) is 0 Å². The number of alkyl halides is 12. The topological polar surface area (TPSA) is 40.5 Å². The van der Waals surface area contributed by atoms with E-state index >= 15 is 0 Å². The van der Waals surface area contributed by atoms with Crippen molar-refractivity contribution in [2.75, 3.05) is 0 Å². The van der Waals surface area contributed by atoms with E-state index in [1.54, 1.807) is 0 Å². The summed E-state index contributed by atoms with van der Waals surface area (Å²) in [6.45, 7) is 0. The fourth-order valence-corrected chi connectivity index (χ4v) is 0.786. The van der Waals surface area contributed by atoms with Crippen molar-refractivity contribution in [3.63, 3.8) is 0 Å². The van der Waals surface area contributed by atoms with E-state index in [4.69, 9.17) is 10.2 Å². The van der Waals surface area contributed by atoms with Crippen molar-refractivity contribution >= 4 is 0 Å². The molecule has 0 aromatic carbocycles. The molecule has 0 atom stereocenters. The zero-order valence-corrected chi connectivity index (χ0v) is 9.43. The molecular weight excluding hydrogens is 356 g/mol. The van der Waals surface area contributed by atoms with Crippen LogP contribution in [0.3, 0.4) is 0 Å². The smallest absolute Gasteiger partial charge is 0.363 e. The van der Waals surface area contributed by atoms with Crippen molar-refractivity contribution in [3.8, 4) is 11.8 Å². The van der Waals surface area contributed by atoms with E-state index < -0.39 is 47.7 Å². The molecule has 0 aliphatic carbocycles. The molecule has 0 aromatic heterocycles. The Hall–Kier alpha value is -1.36. The summed E-state index contributed by atoms with van der Waals surface area (Å²) in [7, 11) is 0. The van der Waals surface area contributed by atoms with Gasteiger partial charge in [0.05, 0.1) is 0 Å². The van der Waals surface area contributed by atoms with Crippen LogP contribution < -0.4 is 0 Å². The highest BCUT2D eigenvalue weighted by Crippen LogP contribution is 2.45. The monoisotopic (exact) mass is 358 g/mol. The van der Waals surface area contributed by atoms with Crippen molar-refractivity contribution in [3.05, 3.63) is 0 Å². The third-order valence-electron chi connectivity index (χ3n) is 2.07. The van der Waals surface area contributed by atoms with Crippen molar-refractivity contribution < 1.29 is 62.9 Å². The zero-order chi connectivity index (χ0) is 18.4. The lowest BCUT2D eigenvalue weighted by atomic mass is 9.98. The maximum Gasteiger partial charge on any atom is 0.438 e. The van der Waals surface area contributed by atoms with E-state index in [1.807, 2.05) is 0 Å². The summed E-state index contributed by atoms with van der Waals surface area (Å²) in [5.41, 5.74) is -12.4. The molecule has 0 rings (SSSR count). The van der Waals surface area contributed by atoms with Gasteiger partial charge in [0.25, 0.3) is 0 Å².